The zero-order valence-corrected chi connectivity index (χ0v) is 8.14. The molecule has 2 aromatic rings. The third kappa shape index (κ3) is 1.49. The summed E-state index contributed by atoms with van der Waals surface area (Å²) in [6.45, 7) is 1.97. The largest absolute Gasteiger partial charge is 0.388 e. The van der Waals surface area contributed by atoms with Gasteiger partial charge in [0.15, 0.2) is 0 Å². The minimum atomic E-state index is -0.386. The van der Waals surface area contributed by atoms with Gasteiger partial charge in [0.1, 0.15) is 0 Å². The summed E-state index contributed by atoms with van der Waals surface area (Å²) in [5.74, 6) is 0. The molecular weight excluding hydrogens is 174 g/mol. The van der Waals surface area contributed by atoms with E-state index in [0.717, 1.165) is 22.9 Å². The van der Waals surface area contributed by atoms with Crippen LogP contribution >= 0.6 is 0 Å². The third-order valence-corrected chi connectivity index (χ3v) is 2.43. The molecule has 1 unspecified atom stereocenters. The van der Waals surface area contributed by atoms with Crippen molar-refractivity contribution in [3.63, 3.8) is 0 Å². The number of aromatic nitrogens is 1. The Morgan fingerprint density at radius 1 is 1.29 bits per heavy atom. The first-order valence-electron chi connectivity index (χ1n) is 4.84. The zero-order chi connectivity index (χ0) is 9.97. The Bertz CT molecular complexity index is 434. The van der Waals surface area contributed by atoms with E-state index in [9.17, 15) is 5.11 Å². The maximum atomic E-state index is 9.80. The van der Waals surface area contributed by atoms with Gasteiger partial charge in [0.2, 0.25) is 0 Å². The number of nitrogens with zero attached hydrogens (tertiary/aromatic N) is 1. The number of pyridine rings is 1. The van der Waals surface area contributed by atoms with E-state index in [-0.39, 0.29) is 6.10 Å². The number of aliphatic hydroxyl groups is 1. The van der Waals surface area contributed by atoms with Gasteiger partial charge in [-0.1, -0.05) is 25.1 Å². The average molecular weight is 187 g/mol. The fourth-order valence-electron chi connectivity index (χ4n) is 1.64. The SMILES string of the molecule is CCC(O)c1cccc2ncccc12. The molecule has 0 saturated heterocycles. The van der Waals surface area contributed by atoms with Crippen molar-refractivity contribution in [1.29, 1.82) is 0 Å². The molecule has 1 aromatic carbocycles. The summed E-state index contributed by atoms with van der Waals surface area (Å²) in [6.07, 6.45) is 2.11. The third-order valence-electron chi connectivity index (χ3n) is 2.43. The molecule has 72 valence electrons. The van der Waals surface area contributed by atoms with Crippen LogP contribution in [-0.2, 0) is 0 Å². The topological polar surface area (TPSA) is 33.1 Å². The van der Waals surface area contributed by atoms with E-state index in [4.69, 9.17) is 0 Å². The standard InChI is InChI=1S/C12H13NO/c1-2-12(14)10-5-3-7-11-9(10)6-4-8-13-11/h3-8,12,14H,2H2,1H3. The van der Waals surface area contributed by atoms with Gasteiger partial charge in [-0.2, -0.15) is 0 Å². The van der Waals surface area contributed by atoms with Gasteiger partial charge in [-0.05, 0) is 24.1 Å². The summed E-state index contributed by atoms with van der Waals surface area (Å²) in [7, 11) is 0. The quantitative estimate of drug-likeness (QED) is 0.784. The number of hydrogen-bond donors (Lipinski definition) is 1. The van der Waals surface area contributed by atoms with Crippen molar-refractivity contribution in [1.82, 2.24) is 4.98 Å². The highest BCUT2D eigenvalue weighted by Crippen LogP contribution is 2.24. The van der Waals surface area contributed by atoms with Gasteiger partial charge >= 0.3 is 0 Å². The molecule has 1 atom stereocenters. The number of hydrogen-bond acceptors (Lipinski definition) is 2. The molecule has 2 nitrogen and oxygen atoms in total. The molecule has 1 N–H and O–H groups in total. The maximum absolute atomic E-state index is 9.80. The van der Waals surface area contributed by atoms with Crippen molar-refractivity contribution in [3.05, 3.63) is 42.1 Å². The second-order valence-electron chi connectivity index (χ2n) is 3.34. The monoisotopic (exact) mass is 187 g/mol. The van der Waals surface area contributed by atoms with Crippen molar-refractivity contribution < 1.29 is 5.11 Å². The lowest BCUT2D eigenvalue weighted by Crippen LogP contribution is -1.96. The molecule has 2 heteroatoms. The number of aliphatic hydroxyl groups excluding tert-OH is 1. The van der Waals surface area contributed by atoms with Crippen LogP contribution in [0.5, 0.6) is 0 Å². The molecule has 0 bridgehead atoms. The molecule has 0 amide bonds. The fourth-order valence-corrected chi connectivity index (χ4v) is 1.64. The summed E-state index contributed by atoms with van der Waals surface area (Å²) in [5, 5.41) is 10.8. The average Bonchev–Trinajstić information content (AvgIpc) is 2.27. The van der Waals surface area contributed by atoms with E-state index >= 15 is 0 Å². The zero-order valence-electron chi connectivity index (χ0n) is 8.14. The molecule has 0 aliphatic rings. The van der Waals surface area contributed by atoms with Gasteiger partial charge in [-0.25, -0.2) is 0 Å². The van der Waals surface area contributed by atoms with E-state index < -0.39 is 0 Å². The molecular formula is C12H13NO. The van der Waals surface area contributed by atoms with Crippen molar-refractivity contribution in [2.75, 3.05) is 0 Å². The van der Waals surface area contributed by atoms with Crippen LogP contribution in [0.15, 0.2) is 36.5 Å². The van der Waals surface area contributed by atoms with Gasteiger partial charge < -0.3 is 5.11 Å². The number of fused-ring (bicyclic) bond motifs is 1. The molecule has 0 aliphatic carbocycles. The summed E-state index contributed by atoms with van der Waals surface area (Å²) >= 11 is 0. The van der Waals surface area contributed by atoms with Gasteiger partial charge in [0.25, 0.3) is 0 Å². The van der Waals surface area contributed by atoms with Crippen LogP contribution in [0.1, 0.15) is 25.0 Å². The molecule has 0 radical (unpaired) electrons. The van der Waals surface area contributed by atoms with Gasteiger partial charge in [0.05, 0.1) is 11.6 Å². The van der Waals surface area contributed by atoms with Crippen LogP contribution < -0.4 is 0 Å². The maximum Gasteiger partial charge on any atom is 0.0794 e. The van der Waals surface area contributed by atoms with Crippen LogP contribution in [0, 0.1) is 0 Å². The second kappa shape index (κ2) is 3.76. The summed E-state index contributed by atoms with van der Waals surface area (Å²) < 4.78 is 0. The Hall–Kier alpha value is -1.41. The smallest absolute Gasteiger partial charge is 0.0794 e. The Kier molecular flexibility index (Phi) is 2.46. The van der Waals surface area contributed by atoms with Crippen LogP contribution in [0.3, 0.4) is 0 Å². The first kappa shape index (κ1) is 9.16. The summed E-state index contributed by atoms with van der Waals surface area (Å²) in [5.41, 5.74) is 1.91. The van der Waals surface area contributed by atoms with Gasteiger partial charge in [-0.15, -0.1) is 0 Å². The normalized spacial score (nSPS) is 13.0. The summed E-state index contributed by atoms with van der Waals surface area (Å²) in [6, 6.07) is 9.74. The highest BCUT2D eigenvalue weighted by atomic mass is 16.3. The number of benzene rings is 1. The van der Waals surface area contributed by atoms with Crippen molar-refractivity contribution >= 4 is 10.9 Å². The second-order valence-corrected chi connectivity index (χ2v) is 3.34. The fraction of sp³-hybridized carbons (Fsp3) is 0.250. The lowest BCUT2D eigenvalue weighted by atomic mass is 10.0. The Balaban J connectivity index is 2.65. The molecule has 0 aliphatic heterocycles. The van der Waals surface area contributed by atoms with Crippen molar-refractivity contribution in [2.45, 2.75) is 19.4 Å². The van der Waals surface area contributed by atoms with Crippen LogP contribution in [0.4, 0.5) is 0 Å². The summed E-state index contributed by atoms with van der Waals surface area (Å²) in [4.78, 5) is 4.25. The molecule has 0 spiro atoms. The van der Waals surface area contributed by atoms with Crippen LogP contribution in [0.25, 0.3) is 10.9 Å². The minimum absolute atomic E-state index is 0.386. The Morgan fingerprint density at radius 3 is 2.93 bits per heavy atom. The predicted molar refractivity (Wildman–Crippen MR) is 57.0 cm³/mol. The van der Waals surface area contributed by atoms with E-state index in [1.165, 1.54) is 0 Å². The minimum Gasteiger partial charge on any atom is -0.388 e. The molecule has 1 heterocycles. The first-order chi connectivity index (χ1) is 6.83. The highest BCUT2D eigenvalue weighted by molar-refractivity contribution is 5.82. The Morgan fingerprint density at radius 2 is 2.14 bits per heavy atom. The molecule has 1 aromatic heterocycles. The predicted octanol–water partition coefficient (Wildman–Crippen LogP) is 2.68. The van der Waals surface area contributed by atoms with Crippen molar-refractivity contribution in [2.24, 2.45) is 0 Å². The molecule has 0 saturated carbocycles. The molecule has 14 heavy (non-hydrogen) atoms. The number of rotatable bonds is 2. The van der Waals surface area contributed by atoms with Crippen LogP contribution in [-0.4, -0.2) is 10.1 Å². The van der Waals surface area contributed by atoms with E-state index in [2.05, 4.69) is 4.98 Å². The van der Waals surface area contributed by atoms with E-state index in [1.807, 2.05) is 37.3 Å². The molecule has 2 rings (SSSR count). The lowest BCUT2D eigenvalue weighted by molar-refractivity contribution is 0.175. The van der Waals surface area contributed by atoms with E-state index in [0.29, 0.717) is 0 Å². The van der Waals surface area contributed by atoms with Crippen LogP contribution in [0.2, 0.25) is 0 Å². The van der Waals surface area contributed by atoms with Gasteiger partial charge in [0, 0.05) is 11.6 Å². The highest BCUT2D eigenvalue weighted by Gasteiger charge is 2.08. The lowest BCUT2D eigenvalue weighted by Gasteiger charge is -2.10. The molecule has 0 fully saturated rings. The Labute approximate surface area is 83.2 Å². The first-order valence-corrected chi connectivity index (χ1v) is 4.84. The van der Waals surface area contributed by atoms with Gasteiger partial charge in [-0.3, -0.25) is 4.98 Å². The van der Waals surface area contributed by atoms with E-state index in [1.54, 1.807) is 6.20 Å². The van der Waals surface area contributed by atoms with Crippen molar-refractivity contribution in [3.8, 4) is 0 Å².